The Kier molecular flexibility index (Phi) is 10.8. The highest BCUT2D eigenvalue weighted by Gasteiger charge is 2.45. The number of imide groups is 2. The summed E-state index contributed by atoms with van der Waals surface area (Å²) in [7, 11) is 0. The third-order valence-electron chi connectivity index (χ3n) is 5.75. The van der Waals surface area contributed by atoms with Crippen LogP contribution >= 0.6 is 0 Å². The molecule has 192 valence electrons. The molecule has 35 heavy (non-hydrogen) atoms. The maximum atomic E-state index is 13.1. The van der Waals surface area contributed by atoms with Crippen LogP contribution in [0.3, 0.4) is 0 Å². The second-order valence-electron chi connectivity index (χ2n) is 8.30. The number of piperidine rings is 1. The van der Waals surface area contributed by atoms with Crippen molar-refractivity contribution in [2.45, 2.75) is 38.3 Å². The number of hydrogen-bond donors (Lipinski definition) is 3. The van der Waals surface area contributed by atoms with Gasteiger partial charge in [0.15, 0.2) is 0 Å². The predicted molar refractivity (Wildman–Crippen MR) is 126 cm³/mol. The van der Waals surface area contributed by atoms with Gasteiger partial charge in [-0.1, -0.05) is 12.1 Å². The highest BCUT2D eigenvalue weighted by molar-refractivity contribution is 6.24. The fraction of sp³-hybridized carbons (Fsp3) is 0.583. The number of benzene rings is 1. The van der Waals surface area contributed by atoms with Crippen LogP contribution in [0.15, 0.2) is 18.2 Å². The SMILES string of the molecule is NCCCOCCOCCOCCCNCc1cccc2c1C(=O)N(C1CCC(=O)NC1=O)C2=O. The molecule has 0 bridgehead atoms. The van der Waals surface area contributed by atoms with Gasteiger partial charge in [0.05, 0.1) is 37.6 Å². The van der Waals surface area contributed by atoms with Crippen molar-refractivity contribution in [1.82, 2.24) is 15.5 Å². The van der Waals surface area contributed by atoms with Crippen LogP contribution in [0.25, 0.3) is 0 Å². The monoisotopic (exact) mass is 490 g/mol. The lowest BCUT2D eigenvalue weighted by Gasteiger charge is -2.27. The second kappa shape index (κ2) is 14.0. The summed E-state index contributed by atoms with van der Waals surface area (Å²) in [5, 5.41) is 5.47. The van der Waals surface area contributed by atoms with Gasteiger partial charge in [-0.3, -0.25) is 29.4 Å². The zero-order valence-corrected chi connectivity index (χ0v) is 19.9. The smallest absolute Gasteiger partial charge is 0.262 e. The minimum Gasteiger partial charge on any atom is -0.379 e. The summed E-state index contributed by atoms with van der Waals surface area (Å²) in [5.41, 5.74) is 6.68. The Balaban J connectivity index is 1.35. The van der Waals surface area contributed by atoms with Crippen LogP contribution in [0.2, 0.25) is 0 Å². The highest BCUT2D eigenvalue weighted by Crippen LogP contribution is 2.29. The van der Waals surface area contributed by atoms with Crippen molar-refractivity contribution >= 4 is 23.6 Å². The van der Waals surface area contributed by atoms with Gasteiger partial charge in [-0.15, -0.1) is 0 Å². The lowest BCUT2D eigenvalue weighted by Crippen LogP contribution is -2.54. The molecule has 0 spiro atoms. The van der Waals surface area contributed by atoms with E-state index >= 15 is 0 Å². The van der Waals surface area contributed by atoms with Crippen molar-refractivity contribution in [3.63, 3.8) is 0 Å². The largest absolute Gasteiger partial charge is 0.379 e. The van der Waals surface area contributed by atoms with Gasteiger partial charge in [-0.05, 0) is 44.0 Å². The normalized spacial score (nSPS) is 17.7. The number of carbonyl (C=O) groups excluding carboxylic acids is 4. The molecule has 1 saturated heterocycles. The summed E-state index contributed by atoms with van der Waals surface area (Å²) < 4.78 is 16.3. The van der Waals surface area contributed by atoms with Gasteiger partial charge in [0.2, 0.25) is 11.8 Å². The molecule has 2 aliphatic rings. The van der Waals surface area contributed by atoms with Crippen LogP contribution in [-0.2, 0) is 30.3 Å². The van der Waals surface area contributed by atoms with E-state index in [1.165, 1.54) is 0 Å². The van der Waals surface area contributed by atoms with E-state index in [1.807, 2.05) is 0 Å². The quantitative estimate of drug-likeness (QED) is 0.214. The van der Waals surface area contributed by atoms with E-state index in [0.717, 1.165) is 17.7 Å². The molecule has 1 unspecified atom stereocenters. The molecule has 1 aromatic carbocycles. The molecule has 3 rings (SSSR count). The first-order valence-corrected chi connectivity index (χ1v) is 12.0. The molecule has 0 aromatic heterocycles. The third-order valence-corrected chi connectivity index (χ3v) is 5.75. The Morgan fingerprint density at radius 2 is 1.63 bits per heavy atom. The minimum atomic E-state index is -0.967. The summed E-state index contributed by atoms with van der Waals surface area (Å²) in [4.78, 5) is 50.6. The van der Waals surface area contributed by atoms with Gasteiger partial charge in [-0.2, -0.15) is 0 Å². The van der Waals surface area contributed by atoms with Crippen LogP contribution in [0.5, 0.6) is 0 Å². The van der Waals surface area contributed by atoms with Crippen molar-refractivity contribution in [1.29, 1.82) is 0 Å². The van der Waals surface area contributed by atoms with Crippen LogP contribution in [0, 0.1) is 0 Å². The van der Waals surface area contributed by atoms with Crippen LogP contribution < -0.4 is 16.4 Å². The van der Waals surface area contributed by atoms with E-state index in [9.17, 15) is 19.2 Å². The molecule has 2 heterocycles. The number of fused-ring (bicyclic) bond motifs is 1. The summed E-state index contributed by atoms with van der Waals surface area (Å²) in [5.74, 6) is -2.01. The number of nitrogens with zero attached hydrogens (tertiary/aromatic N) is 1. The summed E-state index contributed by atoms with van der Waals surface area (Å²) >= 11 is 0. The summed E-state index contributed by atoms with van der Waals surface area (Å²) in [6.45, 7) is 4.99. The Labute approximate surface area is 204 Å². The molecule has 0 aliphatic carbocycles. The first-order chi connectivity index (χ1) is 17.0. The molecule has 11 heteroatoms. The third kappa shape index (κ3) is 7.39. The Hall–Kier alpha value is -2.70. The van der Waals surface area contributed by atoms with E-state index in [1.54, 1.807) is 18.2 Å². The molecule has 0 saturated carbocycles. The molecule has 4 amide bonds. The maximum Gasteiger partial charge on any atom is 0.262 e. The zero-order valence-electron chi connectivity index (χ0n) is 19.9. The average molecular weight is 491 g/mol. The lowest BCUT2D eigenvalue weighted by molar-refractivity contribution is -0.136. The van der Waals surface area contributed by atoms with Crippen molar-refractivity contribution in [3.8, 4) is 0 Å². The van der Waals surface area contributed by atoms with Gasteiger partial charge in [-0.25, -0.2) is 0 Å². The Morgan fingerprint density at radius 1 is 0.943 bits per heavy atom. The number of ether oxygens (including phenoxy) is 3. The molecule has 1 aromatic rings. The average Bonchev–Trinajstić information content (AvgIpc) is 3.10. The lowest BCUT2D eigenvalue weighted by atomic mass is 10.0. The van der Waals surface area contributed by atoms with E-state index in [2.05, 4.69) is 10.6 Å². The minimum absolute atomic E-state index is 0.0933. The number of amides is 4. The zero-order chi connectivity index (χ0) is 25.0. The molecule has 1 atom stereocenters. The molecule has 11 nitrogen and oxygen atoms in total. The Morgan fingerprint density at radius 3 is 2.31 bits per heavy atom. The number of nitrogens with one attached hydrogen (secondary N) is 2. The van der Waals surface area contributed by atoms with Gasteiger partial charge in [0, 0.05) is 26.2 Å². The first kappa shape index (κ1) is 26.9. The molecular formula is C24H34N4O7. The molecule has 0 radical (unpaired) electrons. The van der Waals surface area contributed by atoms with Gasteiger partial charge in [0.25, 0.3) is 11.8 Å². The van der Waals surface area contributed by atoms with Crippen LogP contribution in [-0.4, -0.2) is 87.3 Å². The standard InChI is InChI=1S/C24H34N4O7/c25-8-2-10-33-12-14-35-15-13-34-11-3-9-26-16-17-4-1-5-18-21(17)24(32)28(23(18)31)19-6-7-20(29)27-22(19)30/h1,4-5,19,26H,2-3,6-16,25H2,(H,27,29,30). The van der Waals surface area contributed by atoms with Crippen LogP contribution in [0.4, 0.5) is 0 Å². The fourth-order valence-corrected chi connectivity index (χ4v) is 3.98. The van der Waals surface area contributed by atoms with Crippen molar-refractivity contribution in [2.24, 2.45) is 5.73 Å². The fourth-order valence-electron chi connectivity index (χ4n) is 3.98. The maximum absolute atomic E-state index is 13.1. The molecule has 4 N–H and O–H groups in total. The van der Waals surface area contributed by atoms with Crippen molar-refractivity contribution < 1.29 is 33.4 Å². The molecular weight excluding hydrogens is 456 g/mol. The number of hydrogen-bond acceptors (Lipinski definition) is 9. The Bertz CT molecular complexity index is 908. The molecule has 2 aliphatic heterocycles. The van der Waals surface area contributed by atoms with Gasteiger partial charge in [0.1, 0.15) is 6.04 Å². The second-order valence-corrected chi connectivity index (χ2v) is 8.30. The van der Waals surface area contributed by atoms with E-state index < -0.39 is 29.7 Å². The summed E-state index contributed by atoms with van der Waals surface area (Å²) in [6.07, 6.45) is 1.85. The highest BCUT2D eigenvalue weighted by atomic mass is 16.5. The van der Waals surface area contributed by atoms with Crippen molar-refractivity contribution in [3.05, 3.63) is 34.9 Å². The number of rotatable bonds is 16. The van der Waals surface area contributed by atoms with Crippen molar-refractivity contribution in [2.75, 3.05) is 52.7 Å². The molecule has 1 fully saturated rings. The predicted octanol–water partition coefficient (Wildman–Crippen LogP) is -0.0339. The topological polar surface area (TPSA) is 149 Å². The van der Waals surface area contributed by atoms with E-state index in [0.29, 0.717) is 70.4 Å². The van der Waals surface area contributed by atoms with Crippen LogP contribution in [0.1, 0.15) is 52.0 Å². The van der Waals surface area contributed by atoms with E-state index in [4.69, 9.17) is 19.9 Å². The van der Waals surface area contributed by atoms with E-state index in [-0.39, 0.29) is 18.4 Å². The van der Waals surface area contributed by atoms with Gasteiger partial charge >= 0.3 is 0 Å². The summed E-state index contributed by atoms with van der Waals surface area (Å²) in [6, 6.07) is 4.14. The number of carbonyl (C=O) groups is 4. The first-order valence-electron chi connectivity index (χ1n) is 12.0. The number of nitrogens with two attached hydrogens (primary N) is 1. The van der Waals surface area contributed by atoms with Gasteiger partial charge < -0.3 is 25.3 Å².